The minimum absolute atomic E-state index is 0.0725. The number of carbonyl (C=O) groups excluding carboxylic acids is 2. The lowest BCUT2D eigenvalue weighted by atomic mass is 10.0. The standard InChI is InChI=1S/C34H33BrF3N3O4S/c1-24(2)39-33(43)31(20-25-10-5-3-6-11-25)40(22-26-16-18-28(35)19-17-26)32(42)23-41(46(44,45)30-14-7-4-8-15-30)29-13-9-12-27(21-29)34(36,37)38/h3-19,21,24,31H,20,22-23H2,1-2H3,(H,39,43)/t31-/m1/s1. The summed E-state index contributed by atoms with van der Waals surface area (Å²) in [4.78, 5) is 29.2. The molecule has 2 amide bonds. The van der Waals surface area contributed by atoms with Gasteiger partial charge >= 0.3 is 6.18 Å². The number of rotatable bonds is 12. The van der Waals surface area contributed by atoms with Crippen LogP contribution in [-0.2, 0) is 38.8 Å². The molecular weight excluding hydrogens is 683 g/mol. The summed E-state index contributed by atoms with van der Waals surface area (Å²) in [7, 11) is -4.54. The van der Waals surface area contributed by atoms with Crippen LogP contribution in [-0.4, -0.2) is 43.8 Å². The number of nitrogens with zero attached hydrogens (tertiary/aromatic N) is 2. The molecule has 0 fully saturated rings. The van der Waals surface area contributed by atoms with Gasteiger partial charge in [0.05, 0.1) is 16.1 Å². The molecule has 0 aliphatic heterocycles. The second-order valence-electron chi connectivity index (χ2n) is 10.9. The number of anilines is 1. The van der Waals surface area contributed by atoms with Crippen LogP contribution in [0.5, 0.6) is 0 Å². The molecule has 0 unspecified atom stereocenters. The fourth-order valence-corrected chi connectivity index (χ4v) is 6.50. The highest BCUT2D eigenvalue weighted by molar-refractivity contribution is 9.10. The maximum Gasteiger partial charge on any atom is 0.416 e. The molecule has 242 valence electrons. The second kappa shape index (κ2) is 15.0. The van der Waals surface area contributed by atoms with E-state index in [0.29, 0.717) is 15.9 Å². The first-order valence-corrected chi connectivity index (χ1v) is 16.6. The largest absolute Gasteiger partial charge is 0.416 e. The van der Waals surface area contributed by atoms with Crippen molar-refractivity contribution in [2.24, 2.45) is 0 Å². The molecule has 0 radical (unpaired) electrons. The van der Waals surface area contributed by atoms with E-state index < -0.39 is 46.2 Å². The Labute approximate surface area is 275 Å². The Morgan fingerprint density at radius 3 is 2.02 bits per heavy atom. The van der Waals surface area contributed by atoms with Gasteiger partial charge in [-0.05, 0) is 67.4 Å². The first-order chi connectivity index (χ1) is 21.8. The van der Waals surface area contributed by atoms with Crippen molar-refractivity contribution < 1.29 is 31.2 Å². The van der Waals surface area contributed by atoms with Crippen LogP contribution < -0.4 is 9.62 Å². The van der Waals surface area contributed by atoms with Crippen LogP contribution in [0.1, 0.15) is 30.5 Å². The van der Waals surface area contributed by atoms with E-state index in [1.54, 1.807) is 56.3 Å². The minimum Gasteiger partial charge on any atom is -0.352 e. The molecule has 46 heavy (non-hydrogen) atoms. The SMILES string of the molecule is CC(C)NC(=O)[C@@H](Cc1ccccc1)N(Cc1ccc(Br)cc1)C(=O)CN(c1cccc(C(F)(F)F)c1)S(=O)(=O)c1ccccc1. The number of alkyl halides is 3. The van der Waals surface area contributed by atoms with E-state index in [2.05, 4.69) is 21.2 Å². The second-order valence-corrected chi connectivity index (χ2v) is 13.7. The molecule has 4 aromatic carbocycles. The summed E-state index contributed by atoms with van der Waals surface area (Å²) < 4.78 is 70.6. The summed E-state index contributed by atoms with van der Waals surface area (Å²) in [5.41, 5.74) is -0.00676. The number of nitrogens with one attached hydrogen (secondary N) is 1. The molecule has 7 nitrogen and oxygen atoms in total. The van der Waals surface area contributed by atoms with Gasteiger partial charge in [-0.3, -0.25) is 13.9 Å². The molecule has 0 aliphatic rings. The summed E-state index contributed by atoms with van der Waals surface area (Å²) in [6.07, 6.45) is -4.65. The minimum atomic E-state index is -4.76. The normalized spacial score (nSPS) is 12.4. The van der Waals surface area contributed by atoms with Crippen molar-refractivity contribution in [1.82, 2.24) is 10.2 Å². The Morgan fingerprint density at radius 2 is 1.43 bits per heavy atom. The van der Waals surface area contributed by atoms with Crippen molar-refractivity contribution in [1.29, 1.82) is 0 Å². The number of amides is 2. The van der Waals surface area contributed by atoms with Crippen molar-refractivity contribution in [2.45, 2.75) is 50.0 Å². The van der Waals surface area contributed by atoms with Crippen molar-refractivity contribution >= 4 is 43.5 Å². The first kappa shape index (κ1) is 34.7. The Kier molecular flexibility index (Phi) is 11.3. The zero-order valence-corrected chi connectivity index (χ0v) is 27.5. The third-order valence-corrected chi connectivity index (χ3v) is 9.36. The zero-order chi connectivity index (χ0) is 33.5. The maximum absolute atomic E-state index is 14.4. The Balaban J connectivity index is 1.83. The van der Waals surface area contributed by atoms with Crippen LogP contribution in [0.2, 0.25) is 0 Å². The van der Waals surface area contributed by atoms with Crippen molar-refractivity contribution in [2.75, 3.05) is 10.8 Å². The van der Waals surface area contributed by atoms with E-state index >= 15 is 0 Å². The highest BCUT2D eigenvalue weighted by atomic mass is 79.9. The monoisotopic (exact) mass is 715 g/mol. The number of sulfonamides is 1. The number of benzene rings is 4. The van der Waals surface area contributed by atoms with Crippen LogP contribution in [0.4, 0.5) is 18.9 Å². The lowest BCUT2D eigenvalue weighted by Gasteiger charge is -2.34. The molecular formula is C34H33BrF3N3O4S. The van der Waals surface area contributed by atoms with Crippen LogP contribution in [0, 0.1) is 0 Å². The van der Waals surface area contributed by atoms with E-state index in [-0.39, 0.29) is 29.6 Å². The van der Waals surface area contributed by atoms with E-state index in [9.17, 15) is 31.2 Å². The van der Waals surface area contributed by atoms with Gasteiger partial charge in [-0.1, -0.05) is 82.7 Å². The van der Waals surface area contributed by atoms with E-state index in [1.807, 2.05) is 18.2 Å². The highest BCUT2D eigenvalue weighted by Crippen LogP contribution is 2.33. The number of hydrogen-bond acceptors (Lipinski definition) is 4. The van der Waals surface area contributed by atoms with Gasteiger partial charge in [-0.2, -0.15) is 13.2 Å². The van der Waals surface area contributed by atoms with E-state index in [4.69, 9.17) is 0 Å². The van der Waals surface area contributed by atoms with Gasteiger partial charge in [0.15, 0.2) is 0 Å². The van der Waals surface area contributed by atoms with Gasteiger partial charge in [0.25, 0.3) is 10.0 Å². The number of halogens is 4. The van der Waals surface area contributed by atoms with Crippen LogP contribution >= 0.6 is 15.9 Å². The first-order valence-electron chi connectivity index (χ1n) is 14.4. The molecule has 1 atom stereocenters. The quantitative estimate of drug-likeness (QED) is 0.174. The molecule has 0 spiro atoms. The van der Waals surface area contributed by atoms with Gasteiger partial charge in [-0.25, -0.2) is 8.42 Å². The van der Waals surface area contributed by atoms with Gasteiger partial charge in [0.2, 0.25) is 11.8 Å². The van der Waals surface area contributed by atoms with Gasteiger partial charge in [-0.15, -0.1) is 0 Å². The zero-order valence-electron chi connectivity index (χ0n) is 25.1. The molecule has 4 rings (SSSR count). The van der Waals surface area contributed by atoms with Crippen molar-refractivity contribution in [3.8, 4) is 0 Å². The van der Waals surface area contributed by atoms with Crippen molar-refractivity contribution in [3.63, 3.8) is 0 Å². The third-order valence-electron chi connectivity index (χ3n) is 7.04. The predicted octanol–water partition coefficient (Wildman–Crippen LogP) is 6.83. The molecule has 0 aliphatic carbocycles. The summed E-state index contributed by atoms with van der Waals surface area (Å²) in [5, 5.41) is 2.86. The summed E-state index contributed by atoms with van der Waals surface area (Å²) >= 11 is 3.39. The molecule has 0 saturated heterocycles. The average molecular weight is 717 g/mol. The fraction of sp³-hybridized carbons (Fsp3) is 0.235. The Bertz CT molecular complexity index is 1740. The molecule has 4 aromatic rings. The molecule has 12 heteroatoms. The highest BCUT2D eigenvalue weighted by Gasteiger charge is 2.36. The van der Waals surface area contributed by atoms with E-state index in [1.165, 1.54) is 35.2 Å². The fourth-order valence-electron chi connectivity index (χ4n) is 4.81. The third kappa shape index (κ3) is 8.97. The topological polar surface area (TPSA) is 86.8 Å². The smallest absolute Gasteiger partial charge is 0.352 e. The lowest BCUT2D eigenvalue weighted by molar-refractivity contribution is -0.140. The molecule has 0 heterocycles. The summed E-state index contributed by atoms with van der Waals surface area (Å²) in [5.74, 6) is -1.24. The number of hydrogen-bond donors (Lipinski definition) is 1. The lowest BCUT2D eigenvalue weighted by Crippen LogP contribution is -2.54. The van der Waals surface area contributed by atoms with Crippen LogP contribution in [0.15, 0.2) is 119 Å². The van der Waals surface area contributed by atoms with E-state index in [0.717, 1.165) is 22.2 Å². The van der Waals surface area contributed by atoms with Gasteiger partial charge < -0.3 is 10.2 Å². The summed E-state index contributed by atoms with van der Waals surface area (Å²) in [6.45, 7) is 2.62. The summed E-state index contributed by atoms with van der Waals surface area (Å²) in [6, 6.07) is 25.7. The number of carbonyl (C=O) groups is 2. The average Bonchev–Trinajstić information content (AvgIpc) is 3.02. The predicted molar refractivity (Wildman–Crippen MR) is 174 cm³/mol. The van der Waals surface area contributed by atoms with Gasteiger partial charge in [0.1, 0.15) is 12.6 Å². The molecule has 0 saturated carbocycles. The molecule has 0 aromatic heterocycles. The Morgan fingerprint density at radius 1 is 0.826 bits per heavy atom. The van der Waals surface area contributed by atoms with Gasteiger partial charge in [0, 0.05) is 23.5 Å². The maximum atomic E-state index is 14.4. The Hall–Kier alpha value is -4.16. The van der Waals surface area contributed by atoms with Crippen LogP contribution in [0.3, 0.4) is 0 Å². The molecule has 1 N–H and O–H groups in total. The van der Waals surface area contributed by atoms with Crippen molar-refractivity contribution in [3.05, 3.63) is 130 Å². The van der Waals surface area contributed by atoms with Crippen LogP contribution in [0.25, 0.3) is 0 Å². The molecule has 0 bridgehead atoms.